The fraction of sp³-hybridized carbons (Fsp3) is 0.125. The molecule has 0 aliphatic heterocycles. The second-order valence-electron chi connectivity index (χ2n) is 4.86. The average molecular weight is 358 g/mol. The van der Waals surface area contributed by atoms with Gasteiger partial charge in [-0.2, -0.15) is 0 Å². The third kappa shape index (κ3) is 4.31. The Labute approximate surface area is 138 Å². The zero-order valence-corrected chi connectivity index (χ0v) is 12.5. The lowest BCUT2D eigenvalue weighted by Crippen LogP contribution is -2.35. The van der Waals surface area contributed by atoms with Crippen molar-refractivity contribution in [2.45, 2.75) is 0 Å². The lowest BCUT2D eigenvalue weighted by molar-refractivity contribution is 0.0922. The molecule has 2 aromatic rings. The van der Waals surface area contributed by atoms with Crippen molar-refractivity contribution in [2.75, 3.05) is 13.1 Å². The van der Waals surface area contributed by atoms with E-state index in [1.165, 1.54) is 0 Å². The minimum atomic E-state index is -1.77. The van der Waals surface area contributed by atoms with E-state index in [1.807, 2.05) is 0 Å². The molecule has 25 heavy (non-hydrogen) atoms. The number of amides is 2. The molecule has 2 rings (SSSR count). The molecule has 0 saturated carbocycles. The van der Waals surface area contributed by atoms with Gasteiger partial charge in [0.2, 0.25) is 0 Å². The predicted octanol–water partition coefficient (Wildman–Crippen LogP) is 2.54. The van der Waals surface area contributed by atoms with E-state index in [2.05, 4.69) is 10.6 Å². The molecule has 2 amide bonds. The summed E-state index contributed by atoms with van der Waals surface area (Å²) in [4.78, 5) is 23.4. The molecule has 0 heterocycles. The van der Waals surface area contributed by atoms with Gasteiger partial charge >= 0.3 is 0 Å². The lowest BCUT2D eigenvalue weighted by Gasteiger charge is -2.09. The largest absolute Gasteiger partial charge is 0.350 e. The van der Waals surface area contributed by atoms with Crippen LogP contribution in [0, 0.1) is 29.1 Å². The van der Waals surface area contributed by atoms with Crippen LogP contribution in [-0.2, 0) is 0 Å². The minimum absolute atomic E-state index is 0.160. The SMILES string of the molecule is O=C(NCCNC(=O)c1ccc(F)c(F)c1F)c1ccc(F)cc1F. The Hall–Kier alpha value is -2.97. The predicted molar refractivity (Wildman–Crippen MR) is 77.3 cm³/mol. The number of rotatable bonds is 5. The van der Waals surface area contributed by atoms with Crippen LogP contribution >= 0.6 is 0 Å². The molecule has 4 nitrogen and oxygen atoms in total. The first kappa shape index (κ1) is 18.4. The highest BCUT2D eigenvalue weighted by atomic mass is 19.2. The monoisotopic (exact) mass is 358 g/mol. The van der Waals surface area contributed by atoms with Crippen molar-refractivity contribution in [2.24, 2.45) is 0 Å². The van der Waals surface area contributed by atoms with Crippen molar-refractivity contribution < 1.29 is 31.5 Å². The summed E-state index contributed by atoms with van der Waals surface area (Å²) >= 11 is 0. The minimum Gasteiger partial charge on any atom is -0.350 e. The zero-order chi connectivity index (χ0) is 18.6. The maximum Gasteiger partial charge on any atom is 0.254 e. The van der Waals surface area contributed by atoms with Crippen LogP contribution in [0.3, 0.4) is 0 Å². The van der Waals surface area contributed by atoms with Gasteiger partial charge in [-0.05, 0) is 24.3 Å². The molecule has 0 spiro atoms. The van der Waals surface area contributed by atoms with Crippen molar-refractivity contribution >= 4 is 11.8 Å². The molecule has 0 aliphatic carbocycles. The van der Waals surface area contributed by atoms with Crippen LogP contribution in [0.2, 0.25) is 0 Å². The van der Waals surface area contributed by atoms with E-state index >= 15 is 0 Å². The number of carbonyl (C=O) groups excluding carboxylic acids is 2. The van der Waals surface area contributed by atoms with Gasteiger partial charge < -0.3 is 10.6 Å². The van der Waals surface area contributed by atoms with Crippen LogP contribution in [0.1, 0.15) is 20.7 Å². The topological polar surface area (TPSA) is 58.2 Å². The third-order valence-corrected chi connectivity index (χ3v) is 3.15. The number of hydrogen-bond donors (Lipinski definition) is 2. The van der Waals surface area contributed by atoms with Crippen LogP contribution in [-0.4, -0.2) is 24.9 Å². The van der Waals surface area contributed by atoms with E-state index < -0.39 is 46.5 Å². The summed E-state index contributed by atoms with van der Waals surface area (Å²) in [5, 5.41) is 4.44. The molecule has 0 aromatic heterocycles. The first-order chi connectivity index (χ1) is 11.8. The second kappa shape index (κ2) is 7.73. The number of hydrogen-bond acceptors (Lipinski definition) is 2. The molecule has 2 aromatic carbocycles. The molecule has 0 aliphatic rings. The normalized spacial score (nSPS) is 10.4. The number of carbonyl (C=O) groups is 2. The van der Waals surface area contributed by atoms with Gasteiger partial charge in [-0.15, -0.1) is 0 Å². The summed E-state index contributed by atoms with van der Waals surface area (Å²) in [5.74, 6) is -8.57. The van der Waals surface area contributed by atoms with Crippen molar-refractivity contribution in [1.29, 1.82) is 0 Å². The van der Waals surface area contributed by atoms with Crippen LogP contribution in [0.4, 0.5) is 22.0 Å². The Morgan fingerprint density at radius 1 is 0.720 bits per heavy atom. The van der Waals surface area contributed by atoms with E-state index in [0.29, 0.717) is 12.1 Å². The second-order valence-corrected chi connectivity index (χ2v) is 4.86. The quantitative estimate of drug-likeness (QED) is 0.490. The summed E-state index contributed by atoms with van der Waals surface area (Å²) in [6, 6.07) is 3.78. The third-order valence-electron chi connectivity index (χ3n) is 3.15. The van der Waals surface area contributed by atoms with Crippen LogP contribution in [0.15, 0.2) is 30.3 Å². The van der Waals surface area contributed by atoms with Gasteiger partial charge in [0.05, 0.1) is 11.1 Å². The summed E-state index contributed by atoms with van der Waals surface area (Å²) in [6.07, 6.45) is 0. The van der Waals surface area contributed by atoms with E-state index in [-0.39, 0.29) is 18.7 Å². The molecule has 0 unspecified atom stereocenters. The van der Waals surface area contributed by atoms with Crippen LogP contribution in [0.5, 0.6) is 0 Å². The van der Waals surface area contributed by atoms with Gasteiger partial charge in [-0.1, -0.05) is 0 Å². The Balaban J connectivity index is 1.88. The molecule has 0 fully saturated rings. The fourth-order valence-electron chi connectivity index (χ4n) is 1.92. The molecule has 0 bridgehead atoms. The number of benzene rings is 2. The van der Waals surface area contributed by atoms with Crippen molar-refractivity contribution in [3.05, 3.63) is 70.5 Å². The summed E-state index contributed by atoms with van der Waals surface area (Å²) in [6.45, 7) is -0.349. The maximum atomic E-state index is 13.4. The average Bonchev–Trinajstić information content (AvgIpc) is 2.56. The van der Waals surface area contributed by atoms with E-state index in [1.54, 1.807) is 0 Å². The fourth-order valence-corrected chi connectivity index (χ4v) is 1.92. The first-order valence-electron chi connectivity index (χ1n) is 6.96. The zero-order valence-electron chi connectivity index (χ0n) is 12.5. The highest BCUT2D eigenvalue weighted by molar-refractivity contribution is 5.95. The van der Waals surface area contributed by atoms with Gasteiger partial charge in [0.15, 0.2) is 17.5 Å². The van der Waals surface area contributed by atoms with Gasteiger partial charge in [0.25, 0.3) is 11.8 Å². The highest BCUT2D eigenvalue weighted by Crippen LogP contribution is 2.15. The molecule has 0 radical (unpaired) electrons. The van der Waals surface area contributed by atoms with Crippen LogP contribution < -0.4 is 10.6 Å². The van der Waals surface area contributed by atoms with Crippen molar-refractivity contribution in [3.8, 4) is 0 Å². The molecule has 9 heteroatoms. The van der Waals surface area contributed by atoms with E-state index in [4.69, 9.17) is 0 Å². The Morgan fingerprint density at radius 2 is 1.28 bits per heavy atom. The summed E-state index contributed by atoms with van der Waals surface area (Å²) in [7, 11) is 0. The number of halogens is 5. The Morgan fingerprint density at radius 3 is 1.88 bits per heavy atom. The maximum absolute atomic E-state index is 13.4. The first-order valence-corrected chi connectivity index (χ1v) is 6.96. The van der Waals surface area contributed by atoms with Crippen molar-refractivity contribution in [1.82, 2.24) is 10.6 Å². The molecule has 0 atom stereocenters. The number of nitrogens with one attached hydrogen (secondary N) is 2. The smallest absolute Gasteiger partial charge is 0.254 e. The molecular formula is C16H11F5N2O2. The lowest BCUT2D eigenvalue weighted by atomic mass is 10.2. The molecule has 132 valence electrons. The molecule has 2 N–H and O–H groups in total. The molecular weight excluding hydrogens is 347 g/mol. The highest BCUT2D eigenvalue weighted by Gasteiger charge is 2.18. The van der Waals surface area contributed by atoms with Gasteiger partial charge in [0, 0.05) is 19.2 Å². The summed E-state index contributed by atoms with van der Waals surface area (Å²) in [5.41, 5.74) is -1.09. The van der Waals surface area contributed by atoms with E-state index in [9.17, 15) is 31.5 Å². The molecule has 0 saturated heterocycles. The summed E-state index contributed by atoms with van der Waals surface area (Å²) < 4.78 is 65.4. The van der Waals surface area contributed by atoms with Gasteiger partial charge in [-0.25, -0.2) is 22.0 Å². The van der Waals surface area contributed by atoms with Crippen LogP contribution in [0.25, 0.3) is 0 Å². The standard InChI is InChI=1S/C16H11F5N2O2/c17-8-1-2-9(12(19)7-8)15(24)22-5-6-23-16(25)10-3-4-11(18)14(21)13(10)20/h1-4,7H,5-6H2,(H,22,24)(H,23,25). The Bertz CT molecular complexity index is 826. The van der Waals surface area contributed by atoms with Crippen molar-refractivity contribution in [3.63, 3.8) is 0 Å². The van der Waals surface area contributed by atoms with E-state index in [0.717, 1.165) is 18.2 Å². The Kier molecular flexibility index (Phi) is 5.68. The van der Waals surface area contributed by atoms with Gasteiger partial charge in [-0.3, -0.25) is 9.59 Å². The van der Waals surface area contributed by atoms with Gasteiger partial charge in [0.1, 0.15) is 11.6 Å².